The number of rotatable bonds is 0. The van der Waals surface area contributed by atoms with Crippen LogP contribution in [0.25, 0.3) is 0 Å². The van der Waals surface area contributed by atoms with Crippen molar-refractivity contribution in [2.75, 3.05) is 0 Å². The van der Waals surface area contributed by atoms with Gasteiger partial charge in [-0.1, -0.05) is 54.6 Å². The summed E-state index contributed by atoms with van der Waals surface area (Å²) in [5, 5.41) is 25.6. The second-order valence-corrected chi connectivity index (χ2v) is 9.98. The van der Waals surface area contributed by atoms with Crippen molar-refractivity contribution in [3.8, 4) is 0 Å². The number of aromatic amines is 5. The Kier molecular flexibility index (Phi) is 37.4. The molecule has 19 heteroatoms. The van der Waals surface area contributed by atoms with Crippen LogP contribution >= 0.6 is 11.3 Å². The van der Waals surface area contributed by atoms with Crippen LogP contribution in [-0.2, 0) is 0 Å². The molecule has 0 fully saturated rings. The van der Waals surface area contributed by atoms with Crippen molar-refractivity contribution in [3.63, 3.8) is 0 Å². The first-order valence-electron chi connectivity index (χ1n) is 17.1. The second kappa shape index (κ2) is 45.6. The summed E-state index contributed by atoms with van der Waals surface area (Å²) in [6.45, 7) is 0. The minimum absolute atomic E-state index is 1.38. The Balaban J connectivity index is 0.000000325. The van der Waals surface area contributed by atoms with Crippen LogP contribution in [0.2, 0.25) is 0 Å². The number of nitrogens with zero attached hydrogens (tertiary/aromatic N) is 12. The lowest BCUT2D eigenvalue weighted by Crippen LogP contribution is -1.66. The average Bonchev–Trinajstić information content (AvgIpc) is 4.21. The highest BCUT2D eigenvalue weighted by molar-refractivity contribution is 7.07. The predicted molar refractivity (Wildman–Crippen MR) is 226 cm³/mol. The Morgan fingerprint density at radius 2 is 0.966 bits per heavy atom. The van der Waals surface area contributed by atoms with Gasteiger partial charge in [-0.3, -0.25) is 25.1 Å². The summed E-state index contributed by atoms with van der Waals surface area (Å²) < 4.78 is 4.47. The van der Waals surface area contributed by atoms with Gasteiger partial charge in [-0.2, -0.15) is 36.9 Å². The zero-order valence-electron chi connectivity index (χ0n) is 31.8. The van der Waals surface area contributed by atoms with Crippen LogP contribution in [0.3, 0.4) is 0 Å². The number of imidazole rings is 1. The fourth-order valence-electron chi connectivity index (χ4n) is 2.65. The maximum absolute atomic E-state index is 4.47. The molecule has 0 unspecified atom stereocenters. The van der Waals surface area contributed by atoms with E-state index in [4.69, 9.17) is 0 Å². The molecule has 0 radical (unpaired) electrons. The number of nitrogens with one attached hydrogen (secondary N) is 5. The number of benzene rings is 1. The number of pyridine rings is 1. The van der Waals surface area contributed by atoms with Gasteiger partial charge in [0.25, 0.3) is 0 Å². The van der Waals surface area contributed by atoms with Gasteiger partial charge in [0.2, 0.25) is 0 Å². The van der Waals surface area contributed by atoms with Crippen LogP contribution in [0.15, 0.2) is 249 Å². The highest BCUT2D eigenvalue weighted by Crippen LogP contribution is 1.91. The fourth-order valence-corrected chi connectivity index (χ4v) is 3.10. The minimum Gasteiger partial charge on any atom is -0.452 e. The molecule has 302 valence electrons. The number of hydrogen-bond acceptors (Lipinski definition) is 14. The van der Waals surface area contributed by atoms with Crippen LogP contribution in [0, 0.1) is 0 Å². The molecule has 0 aliphatic rings. The predicted octanol–water partition coefficient (Wildman–Crippen LogP) is 7.59. The molecule has 10 heterocycles. The lowest BCUT2D eigenvalue weighted by molar-refractivity contribution is 0.558. The van der Waals surface area contributed by atoms with Gasteiger partial charge in [-0.15, -0.1) is 0 Å². The van der Waals surface area contributed by atoms with E-state index >= 15 is 0 Å². The average molecular weight is 812 g/mol. The molecule has 10 aromatic heterocycles. The van der Waals surface area contributed by atoms with Crippen molar-refractivity contribution in [3.05, 3.63) is 245 Å². The van der Waals surface area contributed by atoms with Crippen molar-refractivity contribution in [1.29, 1.82) is 0 Å². The first-order chi connectivity index (χ1) is 29.5. The summed E-state index contributed by atoms with van der Waals surface area (Å²) in [5.74, 6) is 0. The molecule has 0 aliphatic carbocycles. The van der Waals surface area contributed by atoms with Crippen molar-refractivity contribution in [2.45, 2.75) is 0 Å². The SMILES string of the molecule is c1c[nH]cn1.c1cc[nH]c1.c1ccccc1.c1ccncc1.c1ccsc1.c1cn[nH]c1.c1cn[nH]n1.c1cnccn1.c1cncnc1.c1cocn1.c1nc[nH]n1. The molecular weight excluding hydrogens is 767 g/mol. The van der Waals surface area contributed by atoms with E-state index in [2.05, 4.69) is 90.1 Å². The summed E-state index contributed by atoms with van der Waals surface area (Å²) in [7, 11) is 0. The molecule has 18 nitrogen and oxygen atoms in total. The van der Waals surface area contributed by atoms with E-state index in [0.717, 1.165) is 0 Å². The van der Waals surface area contributed by atoms with Crippen LogP contribution < -0.4 is 0 Å². The zero-order chi connectivity index (χ0) is 41.7. The molecule has 0 bridgehead atoms. The second-order valence-electron chi connectivity index (χ2n) is 9.17. The monoisotopic (exact) mass is 811 g/mol. The number of oxazole rings is 1. The largest absolute Gasteiger partial charge is 0.452 e. The Bertz CT molecular complexity index is 1430. The molecule has 0 spiro atoms. The highest BCUT2D eigenvalue weighted by atomic mass is 32.1. The molecule has 59 heavy (non-hydrogen) atoms. The Hall–Kier alpha value is -8.58. The fraction of sp³-hybridized carbons (Fsp3) is 0. The van der Waals surface area contributed by atoms with E-state index in [1.165, 1.54) is 31.6 Å². The van der Waals surface area contributed by atoms with Gasteiger partial charge in [0, 0.05) is 86.8 Å². The lowest BCUT2D eigenvalue weighted by atomic mass is 10.4. The van der Waals surface area contributed by atoms with Gasteiger partial charge in [-0.05, 0) is 47.2 Å². The highest BCUT2D eigenvalue weighted by Gasteiger charge is 1.63. The standard InChI is InChI=1S/C6H6.C5H5N.2C4H4N2.C4H5N.C4H4S.2C3H4N2.C3H3NO.2C2H3N3/c2*1-2-4-6-5-3-1;1-2-6-4-3-5-1;1-2-5-4-6-3-1;2*1-2-4-5-3-1;1-2-5-3-4-1;1-2-4-5-3-1;1-2-5-3-4-1;1-3-2-5-4-1;1-2-4-5-3-1/h1-6H;1-5H;2*1-4H;1-5H;1-4H;2*1-3H,(H,4,5);1-3H;2*1-2H,(H,3,4,5). The lowest BCUT2D eigenvalue weighted by Gasteiger charge is -1.70. The van der Waals surface area contributed by atoms with E-state index in [0.29, 0.717) is 0 Å². The molecule has 0 saturated carbocycles. The van der Waals surface area contributed by atoms with Gasteiger partial charge in [0.15, 0.2) is 6.39 Å². The maximum atomic E-state index is 4.47. The first-order valence-corrected chi connectivity index (χ1v) is 18.0. The molecule has 11 rings (SSSR count). The Labute approximate surface area is 345 Å². The maximum Gasteiger partial charge on any atom is 0.180 e. The van der Waals surface area contributed by atoms with E-state index in [1.54, 1.807) is 117 Å². The minimum atomic E-state index is 1.38. The van der Waals surface area contributed by atoms with E-state index in [1.807, 2.05) is 108 Å². The molecule has 0 amide bonds. The van der Waals surface area contributed by atoms with Crippen molar-refractivity contribution < 1.29 is 4.42 Å². The normalized spacial score (nSPS) is 8.00. The van der Waals surface area contributed by atoms with Gasteiger partial charge >= 0.3 is 0 Å². The number of thiophene rings is 1. The zero-order valence-corrected chi connectivity index (χ0v) is 32.6. The van der Waals surface area contributed by atoms with Crippen LogP contribution in [0.5, 0.6) is 0 Å². The summed E-state index contributed by atoms with van der Waals surface area (Å²) in [6.07, 6.45) is 37.8. The summed E-state index contributed by atoms with van der Waals surface area (Å²) >= 11 is 1.71. The first kappa shape index (κ1) is 48.4. The molecule has 0 atom stereocenters. The Morgan fingerprint density at radius 1 is 0.339 bits per heavy atom. The topological polar surface area (TPSA) is 247 Å². The van der Waals surface area contributed by atoms with Crippen LogP contribution in [-0.4, -0.2) is 85.6 Å². The molecule has 5 N–H and O–H groups in total. The van der Waals surface area contributed by atoms with Gasteiger partial charge < -0.3 is 14.4 Å². The third-order valence-electron chi connectivity index (χ3n) is 4.93. The molecule has 1 aromatic carbocycles. The van der Waals surface area contributed by atoms with Crippen LogP contribution in [0.4, 0.5) is 0 Å². The smallest absolute Gasteiger partial charge is 0.180 e. The molecule has 0 saturated heterocycles. The number of hydrogen-bond donors (Lipinski definition) is 5. The van der Waals surface area contributed by atoms with Crippen molar-refractivity contribution in [2.24, 2.45) is 0 Å². The third kappa shape index (κ3) is 43.7. The molecule has 11 aromatic rings. The third-order valence-corrected chi connectivity index (χ3v) is 5.56. The van der Waals surface area contributed by atoms with Crippen LogP contribution in [0.1, 0.15) is 0 Å². The molecule has 0 aliphatic heterocycles. The summed E-state index contributed by atoms with van der Waals surface area (Å²) in [6, 6.07) is 29.3. The number of H-pyrrole nitrogens is 5. The molecular formula is C40H45N17OS. The van der Waals surface area contributed by atoms with Crippen molar-refractivity contribution >= 4 is 11.3 Å². The van der Waals surface area contributed by atoms with Crippen molar-refractivity contribution in [1.82, 2.24) is 85.6 Å². The quantitative estimate of drug-likeness (QED) is 0.0992. The van der Waals surface area contributed by atoms with E-state index < -0.39 is 0 Å². The van der Waals surface area contributed by atoms with Gasteiger partial charge in [-0.25, -0.2) is 24.9 Å². The number of aromatic nitrogens is 17. The summed E-state index contributed by atoms with van der Waals surface area (Å²) in [5.41, 5.74) is 0. The van der Waals surface area contributed by atoms with E-state index in [9.17, 15) is 0 Å². The Morgan fingerprint density at radius 3 is 1.15 bits per heavy atom. The van der Waals surface area contributed by atoms with E-state index in [-0.39, 0.29) is 0 Å². The van der Waals surface area contributed by atoms with Gasteiger partial charge in [0.1, 0.15) is 25.2 Å². The van der Waals surface area contributed by atoms with Gasteiger partial charge in [0.05, 0.1) is 24.9 Å². The summed E-state index contributed by atoms with van der Waals surface area (Å²) in [4.78, 5) is 35.0.